The van der Waals surface area contributed by atoms with Crippen LogP contribution in [0.4, 0.5) is 0 Å². The fourth-order valence-electron chi connectivity index (χ4n) is 2.33. The summed E-state index contributed by atoms with van der Waals surface area (Å²) in [5, 5.41) is 9.81. The lowest BCUT2D eigenvalue weighted by Crippen LogP contribution is -1.96. The molecule has 0 saturated heterocycles. The molecule has 5 heteroatoms. The molecule has 0 fully saturated rings. The van der Waals surface area contributed by atoms with Crippen molar-refractivity contribution < 1.29 is 9.90 Å². The number of carbonyl (C=O) groups is 1. The number of benzene rings is 1. The highest BCUT2D eigenvalue weighted by Gasteiger charge is 2.15. The lowest BCUT2D eigenvalue weighted by molar-refractivity contribution is 0.0699. The number of carboxylic acids is 1. The third-order valence-corrected chi connectivity index (χ3v) is 3.68. The van der Waals surface area contributed by atoms with Crippen LogP contribution in [0.25, 0.3) is 16.6 Å². The second kappa shape index (κ2) is 5.22. The van der Waals surface area contributed by atoms with E-state index in [-0.39, 0.29) is 5.56 Å². The van der Waals surface area contributed by atoms with E-state index in [1.165, 1.54) is 0 Å². The summed E-state index contributed by atoms with van der Waals surface area (Å²) in [4.78, 5) is 18.8. The Balaban J connectivity index is 2.22. The maximum atomic E-state index is 11.3. The van der Waals surface area contributed by atoms with Gasteiger partial charge < -0.3 is 10.1 Å². The Morgan fingerprint density at radius 3 is 3.00 bits per heavy atom. The molecule has 0 aliphatic heterocycles. The molecule has 1 heterocycles. The van der Waals surface area contributed by atoms with E-state index in [4.69, 9.17) is 11.6 Å². The monoisotopic (exact) mass is 300 g/mol. The van der Waals surface area contributed by atoms with Crippen LogP contribution >= 0.6 is 11.6 Å². The van der Waals surface area contributed by atoms with Crippen LogP contribution in [0, 0.1) is 0 Å². The average Bonchev–Trinajstić information content (AvgIpc) is 2.79. The van der Waals surface area contributed by atoms with E-state index < -0.39 is 5.97 Å². The maximum absolute atomic E-state index is 11.3. The summed E-state index contributed by atoms with van der Waals surface area (Å²) in [6.07, 6.45) is 6.64. The van der Waals surface area contributed by atoms with Gasteiger partial charge in [0.1, 0.15) is 11.3 Å². The second-order valence-electron chi connectivity index (χ2n) is 4.95. The summed E-state index contributed by atoms with van der Waals surface area (Å²) >= 11 is 6.29. The third-order valence-electron chi connectivity index (χ3n) is 3.35. The third kappa shape index (κ3) is 2.50. The molecule has 0 atom stereocenters. The molecule has 21 heavy (non-hydrogen) atoms. The summed E-state index contributed by atoms with van der Waals surface area (Å²) in [5.74, 6) is -0.416. The Hall–Kier alpha value is -2.33. The molecule has 1 aliphatic carbocycles. The number of para-hydroxylation sites is 1. The minimum atomic E-state index is -0.994. The highest BCUT2D eigenvalue weighted by molar-refractivity contribution is 6.34. The molecule has 0 radical (unpaired) electrons. The number of allylic oxidation sites excluding steroid dienone is 6. The van der Waals surface area contributed by atoms with Crippen LogP contribution in [-0.4, -0.2) is 21.0 Å². The zero-order chi connectivity index (χ0) is 15.0. The number of carboxylic acid groups (broad SMARTS) is 1. The van der Waals surface area contributed by atoms with Gasteiger partial charge in [-0.3, -0.25) is 0 Å². The average molecular weight is 301 g/mol. The maximum Gasteiger partial charge on any atom is 0.337 e. The Morgan fingerprint density at radius 2 is 2.24 bits per heavy atom. The molecule has 2 aromatic rings. The first-order valence-electron chi connectivity index (χ1n) is 6.52. The van der Waals surface area contributed by atoms with Crippen molar-refractivity contribution in [2.75, 3.05) is 0 Å². The van der Waals surface area contributed by atoms with Gasteiger partial charge in [-0.2, -0.15) is 0 Å². The Kier molecular flexibility index (Phi) is 3.39. The topological polar surface area (TPSA) is 66.0 Å². The zero-order valence-electron chi connectivity index (χ0n) is 11.4. The number of halogens is 1. The van der Waals surface area contributed by atoms with E-state index in [1.54, 1.807) is 18.2 Å². The minimum absolute atomic E-state index is 0.177. The van der Waals surface area contributed by atoms with Gasteiger partial charge in [-0.1, -0.05) is 35.4 Å². The standard InChI is InChI=1S/C16H13ClN2O2/c1-9-4-2-6-12(17)11(8-9)15-18-13-7-3-5-10(16(20)21)14(13)19-15/h2-3,5-8H,4H2,1H3,(H,18,19)(H,20,21). The van der Waals surface area contributed by atoms with Crippen LogP contribution in [0.5, 0.6) is 0 Å². The van der Waals surface area contributed by atoms with E-state index in [2.05, 4.69) is 9.97 Å². The highest BCUT2D eigenvalue weighted by Crippen LogP contribution is 2.29. The fourth-order valence-corrected chi connectivity index (χ4v) is 2.56. The summed E-state index contributed by atoms with van der Waals surface area (Å²) in [7, 11) is 0. The number of imidazole rings is 1. The lowest BCUT2D eigenvalue weighted by Gasteiger charge is -2.00. The molecular formula is C16H13ClN2O2. The van der Waals surface area contributed by atoms with Gasteiger partial charge in [0.25, 0.3) is 0 Å². The normalized spacial score (nSPS) is 15.2. The Labute approximate surface area is 126 Å². The van der Waals surface area contributed by atoms with Gasteiger partial charge in [-0.25, -0.2) is 9.78 Å². The van der Waals surface area contributed by atoms with Crippen LogP contribution in [0.2, 0.25) is 0 Å². The molecule has 106 valence electrons. The van der Waals surface area contributed by atoms with Crippen molar-refractivity contribution in [3.05, 3.63) is 58.4 Å². The first-order valence-corrected chi connectivity index (χ1v) is 6.90. The Bertz CT molecular complexity index is 828. The largest absolute Gasteiger partial charge is 0.478 e. The molecule has 2 N–H and O–H groups in total. The number of aromatic carboxylic acids is 1. The number of aromatic nitrogens is 2. The van der Waals surface area contributed by atoms with E-state index in [0.717, 1.165) is 17.6 Å². The number of nitrogens with one attached hydrogen (secondary N) is 1. The van der Waals surface area contributed by atoms with Crippen LogP contribution in [0.1, 0.15) is 29.5 Å². The molecule has 0 bridgehead atoms. The van der Waals surface area contributed by atoms with Gasteiger partial charge in [0.15, 0.2) is 0 Å². The lowest BCUT2D eigenvalue weighted by atomic mass is 10.1. The van der Waals surface area contributed by atoms with Crippen molar-refractivity contribution in [1.29, 1.82) is 0 Å². The molecule has 1 aromatic heterocycles. The van der Waals surface area contributed by atoms with E-state index in [1.807, 2.05) is 25.2 Å². The molecule has 1 aliphatic rings. The van der Waals surface area contributed by atoms with Crippen LogP contribution in [-0.2, 0) is 0 Å². The molecular weight excluding hydrogens is 288 g/mol. The molecule has 0 unspecified atom stereocenters. The molecule has 1 aromatic carbocycles. The summed E-state index contributed by atoms with van der Waals surface area (Å²) < 4.78 is 0. The summed E-state index contributed by atoms with van der Waals surface area (Å²) in [5.41, 5.74) is 3.24. The number of H-pyrrole nitrogens is 1. The van der Waals surface area contributed by atoms with Crippen molar-refractivity contribution in [2.45, 2.75) is 13.3 Å². The first kappa shape index (κ1) is 13.6. The number of nitrogens with zero attached hydrogens (tertiary/aromatic N) is 1. The van der Waals surface area contributed by atoms with Gasteiger partial charge in [0.05, 0.1) is 16.1 Å². The van der Waals surface area contributed by atoms with Crippen molar-refractivity contribution in [3.63, 3.8) is 0 Å². The van der Waals surface area contributed by atoms with Crippen molar-refractivity contribution in [1.82, 2.24) is 9.97 Å². The first-order chi connectivity index (χ1) is 10.1. The number of fused-ring (bicyclic) bond motifs is 1. The van der Waals surface area contributed by atoms with Gasteiger partial charge in [0, 0.05) is 5.57 Å². The number of hydrogen-bond donors (Lipinski definition) is 2. The second-order valence-corrected chi connectivity index (χ2v) is 5.36. The van der Waals surface area contributed by atoms with E-state index >= 15 is 0 Å². The van der Waals surface area contributed by atoms with Crippen LogP contribution in [0.3, 0.4) is 0 Å². The van der Waals surface area contributed by atoms with Gasteiger partial charge in [0.2, 0.25) is 0 Å². The molecule has 0 spiro atoms. The van der Waals surface area contributed by atoms with Gasteiger partial charge >= 0.3 is 5.97 Å². The van der Waals surface area contributed by atoms with Crippen LogP contribution < -0.4 is 0 Å². The SMILES string of the molecule is CC1=CC(c2nc3c(C(=O)O)cccc3[nH]2)=C(Cl)C=CC1. The quantitative estimate of drug-likeness (QED) is 0.877. The fraction of sp³-hybridized carbons (Fsp3) is 0.125. The molecule has 3 rings (SSSR count). The minimum Gasteiger partial charge on any atom is -0.478 e. The van der Waals surface area contributed by atoms with E-state index in [9.17, 15) is 9.90 Å². The number of hydrogen-bond acceptors (Lipinski definition) is 2. The number of rotatable bonds is 2. The van der Waals surface area contributed by atoms with Crippen molar-refractivity contribution in [2.24, 2.45) is 0 Å². The predicted molar refractivity (Wildman–Crippen MR) is 83.3 cm³/mol. The van der Waals surface area contributed by atoms with Crippen molar-refractivity contribution >= 4 is 34.2 Å². The molecule has 4 nitrogen and oxygen atoms in total. The summed E-state index contributed by atoms with van der Waals surface area (Å²) in [6.45, 7) is 2.02. The molecule has 0 saturated carbocycles. The number of aromatic amines is 1. The van der Waals surface area contributed by atoms with Crippen molar-refractivity contribution in [3.8, 4) is 0 Å². The van der Waals surface area contributed by atoms with E-state index in [0.29, 0.717) is 21.9 Å². The predicted octanol–water partition coefficient (Wildman–Crippen LogP) is 4.12. The van der Waals surface area contributed by atoms with Crippen LogP contribution in [0.15, 0.2) is 47.0 Å². The highest BCUT2D eigenvalue weighted by atomic mass is 35.5. The van der Waals surface area contributed by atoms with Gasteiger partial charge in [-0.15, -0.1) is 0 Å². The zero-order valence-corrected chi connectivity index (χ0v) is 12.1. The summed E-state index contributed by atoms with van der Waals surface area (Å²) in [6, 6.07) is 5.03. The van der Waals surface area contributed by atoms with Gasteiger partial charge in [-0.05, 0) is 31.6 Å². The molecule has 0 amide bonds. The Morgan fingerprint density at radius 1 is 1.43 bits per heavy atom. The smallest absolute Gasteiger partial charge is 0.337 e.